The molecule has 4 heteroatoms. The molecule has 0 unspecified atom stereocenters. The molecule has 0 aliphatic heterocycles. The van der Waals surface area contributed by atoms with Gasteiger partial charge < -0.3 is 9.64 Å². The van der Waals surface area contributed by atoms with E-state index in [-0.39, 0.29) is 25.4 Å². The molecule has 0 aromatic rings. The van der Waals surface area contributed by atoms with Crippen molar-refractivity contribution in [1.29, 1.82) is 0 Å². The summed E-state index contributed by atoms with van der Waals surface area (Å²) < 4.78 is 4.83. The fraction of sp³-hybridized carbons (Fsp3) is 0.667. The summed E-state index contributed by atoms with van der Waals surface area (Å²) >= 11 is 0. The first-order valence-electron chi connectivity index (χ1n) is 4.26. The van der Waals surface area contributed by atoms with Crippen LogP contribution in [-0.4, -0.2) is 37.1 Å². The smallest absolute Gasteiger partial charge is 0.330 e. The molecular formula is C9H17NO2Ru. The van der Waals surface area contributed by atoms with E-state index >= 15 is 0 Å². The Kier molecular flexibility index (Phi) is 11.6. The topological polar surface area (TPSA) is 29.5 Å². The molecule has 0 aromatic carbocycles. The quantitative estimate of drug-likeness (QED) is 0.411. The summed E-state index contributed by atoms with van der Waals surface area (Å²) in [6.45, 7) is 10.7. The maximum Gasteiger partial charge on any atom is 0.330 e. The van der Waals surface area contributed by atoms with Crippen LogP contribution < -0.4 is 0 Å². The molecule has 0 heterocycles. The molecule has 0 aromatic heterocycles. The zero-order valence-electron chi connectivity index (χ0n) is 8.23. The number of esters is 1. The fourth-order valence-electron chi connectivity index (χ4n) is 0.874. The van der Waals surface area contributed by atoms with Crippen LogP contribution in [-0.2, 0) is 29.0 Å². The summed E-state index contributed by atoms with van der Waals surface area (Å²) in [6, 6.07) is 0. The Hall–Kier alpha value is -0.207. The average Bonchev–Trinajstić information content (AvgIpc) is 2.12. The van der Waals surface area contributed by atoms with E-state index in [1.165, 1.54) is 6.08 Å². The monoisotopic (exact) mass is 273 g/mol. The third-order valence-corrected chi connectivity index (χ3v) is 1.71. The van der Waals surface area contributed by atoms with E-state index in [1.54, 1.807) is 0 Å². The molecule has 0 fully saturated rings. The van der Waals surface area contributed by atoms with E-state index in [4.69, 9.17) is 4.74 Å². The van der Waals surface area contributed by atoms with Gasteiger partial charge in [-0.3, -0.25) is 0 Å². The number of hydrogen-bond donors (Lipinski definition) is 0. The van der Waals surface area contributed by atoms with Crippen LogP contribution >= 0.6 is 0 Å². The van der Waals surface area contributed by atoms with Gasteiger partial charge in [-0.15, -0.1) is 0 Å². The molecule has 13 heavy (non-hydrogen) atoms. The maximum absolute atomic E-state index is 10.6. The van der Waals surface area contributed by atoms with Crippen LogP contribution in [0.3, 0.4) is 0 Å². The third-order valence-electron chi connectivity index (χ3n) is 1.71. The van der Waals surface area contributed by atoms with Crippen LogP contribution in [0.2, 0.25) is 0 Å². The Labute approximate surface area is 92.9 Å². The molecule has 0 saturated carbocycles. The minimum atomic E-state index is -0.345. The second-order valence-electron chi connectivity index (χ2n) is 2.40. The average molecular weight is 272 g/mol. The van der Waals surface area contributed by atoms with Crippen molar-refractivity contribution >= 4 is 5.97 Å². The van der Waals surface area contributed by atoms with Crippen molar-refractivity contribution in [2.45, 2.75) is 13.8 Å². The van der Waals surface area contributed by atoms with Crippen LogP contribution in [0.5, 0.6) is 0 Å². The van der Waals surface area contributed by atoms with Crippen molar-refractivity contribution < 1.29 is 29.0 Å². The molecule has 0 saturated heterocycles. The van der Waals surface area contributed by atoms with E-state index in [1.807, 2.05) is 0 Å². The number of rotatable bonds is 6. The van der Waals surface area contributed by atoms with Gasteiger partial charge in [0.15, 0.2) is 0 Å². The minimum Gasteiger partial charge on any atom is -0.461 e. The molecule has 0 amide bonds. The molecule has 0 aliphatic rings. The van der Waals surface area contributed by atoms with Gasteiger partial charge >= 0.3 is 5.97 Å². The van der Waals surface area contributed by atoms with Gasteiger partial charge in [-0.05, 0) is 13.1 Å². The summed E-state index contributed by atoms with van der Waals surface area (Å²) in [5.41, 5.74) is 0. The summed E-state index contributed by atoms with van der Waals surface area (Å²) in [5.74, 6) is -0.345. The number of nitrogens with zero attached hydrogens (tertiary/aromatic N) is 1. The van der Waals surface area contributed by atoms with Crippen molar-refractivity contribution in [3.63, 3.8) is 0 Å². The van der Waals surface area contributed by atoms with Crippen LogP contribution in [0, 0.1) is 0 Å². The van der Waals surface area contributed by atoms with E-state index in [9.17, 15) is 4.79 Å². The van der Waals surface area contributed by atoms with Crippen molar-refractivity contribution in [3.05, 3.63) is 12.7 Å². The van der Waals surface area contributed by atoms with Crippen molar-refractivity contribution in [2.24, 2.45) is 0 Å². The van der Waals surface area contributed by atoms with E-state index < -0.39 is 0 Å². The van der Waals surface area contributed by atoms with Gasteiger partial charge in [-0.25, -0.2) is 4.79 Å². The Bertz CT molecular complexity index is 147. The minimum absolute atomic E-state index is 0. The summed E-state index contributed by atoms with van der Waals surface area (Å²) in [5, 5.41) is 0. The maximum atomic E-state index is 10.6. The molecule has 0 N–H and O–H groups in total. The fourth-order valence-corrected chi connectivity index (χ4v) is 0.874. The van der Waals surface area contributed by atoms with Gasteiger partial charge in [0.25, 0.3) is 0 Å². The molecule has 0 aliphatic carbocycles. The molecule has 0 radical (unpaired) electrons. The van der Waals surface area contributed by atoms with Gasteiger partial charge in [0.05, 0.1) is 0 Å². The largest absolute Gasteiger partial charge is 0.461 e. The molecule has 78 valence electrons. The first-order valence-corrected chi connectivity index (χ1v) is 4.26. The predicted octanol–water partition coefficient (Wildman–Crippen LogP) is 1.05. The number of carbonyl (C=O) groups excluding carboxylic acids is 1. The normalized spacial score (nSPS) is 9.15. The van der Waals surface area contributed by atoms with Crippen molar-refractivity contribution in [3.8, 4) is 0 Å². The van der Waals surface area contributed by atoms with Crippen LogP contribution in [0.1, 0.15) is 13.8 Å². The Morgan fingerprint density at radius 3 is 2.38 bits per heavy atom. The summed E-state index contributed by atoms with van der Waals surface area (Å²) in [6.07, 6.45) is 1.18. The molecule has 0 bridgehead atoms. The molecule has 0 spiro atoms. The number of hydrogen-bond acceptors (Lipinski definition) is 3. The van der Waals surface area contributed by atoms with Crippen LogP contribution in [0.4, 0.5) is 0 Å². The van der Waals surface area contributed by atoms with Gasteiger partial charge in [0, 0.05) is 32.1 Å². The van der Waals surface area contributed by atoms with Gasteiger partial charge in [0.2, 0.25) is 0 Å². The van der Waals surface area contributed by atoms with Gasteiger partial charge in [-0.1, -0.05) is 20.4 Å². The van der Waals surface area contributed by atoms with Crippen LogP contribution in [0.25, 0.3) is 0 Å². The molecule has 0 atom stereocenters. The number of carbonyl (C=O) groups is 1. The summed E-state index contributed by atoms with van der Waals surface area (Å²) in [4.78, 5) is 12.8. The summed E-state index contributed by atoms with van der Waals surface area (Å²) in [7, 11) is 0. The molecule has 3 nitrogen and oxygen atoms in total. The second-order valence-corrected chi connectivity index (χ2v) is 2.40. The van der Waals surface area contributed by atoms with E-state index in [0.717, 1.165) is 19.6 Å². The van der Waals surface area contributed by atoms with Gasteiger partial charge in [0.1, 0.15) is 6.61 Å². The van der Waals surface area contributed by atoms with E-state index in [2.05, 4.69) is 25.3 Å². The molecular weight excluding hydrogens is 255 g/mol. The zero-order valence-corrected chi connectivity index (χ0v) is 9.97. The number of ether oxygens (including phenoxy) is 1. The zero-order chi connectivity index (χ0) is 9.40. The van der Waals surface area contributed by atoms with Crippen LogP contribution in [0.15, 0.2) is 12.7 Å². The standard InChI is InChI=1S/C9H17NO2.Ru/c1-4-9(11)12-8-7-10(5-2)6-3;/h4H,1,5-8H2,2-3H3;. The molecule has 0 rings (SSSR count). The Balaban J connectivity index is 0. The van der Waals surface area contributed by atoms with E-state index in [0.29, 0.717) is 6.61 Å². The first kappa shape index (κ1) is 15.3. The van der Waals surface area contributed by atoms with Gasteiger partial charge in [-0.2, -0.15) is 0 Å². The van der Waals surface area contributed by atoms with Crippen molar-refractivity contribution in [2.75, 3.05) is 26.2 Å². The number of likely N-dealkylation sites (N-methyl/N-ethyl adjacent to an activating group) is 1. The first-order chi connectivity index (χ1) is 5.74. The Morgan fingerprint density at radius 2 is 2.00 bits per heavy atom. The predicted molar refractivity (Wildman–Crippen MR) is 48.9 cm³/mol. The second kappa shape index (κ2) is 9.88. The van der Waals surface area contributed by atoms with Crippen molar-refractivity contribution in [1.82, 2.24) is 4.90 Å². The Morgan fingerprint density at radius 1 is 1.46 bits per heavy atom. The third kappa shape index (κ3) is 8.13. The SMILES string of the molecule is C=CC(=O)OCCN(CC)CC.[Ru].